The van der Waals surface area contributed by atoms with Gasteiger partial charge in [0.15, 0.2) is 0 Å². The van der Waals surface area contributed by atoms with Gasteiger partial charge in [-0.3, -0.25) is 19.2 Å². The zero-order chi connectivity index (χ0) is 29.2. The zero-order valence-electron chi connectivity index (χ0n) is 23.0. The number of amides is 3. The fourth-order valence-corrected chi connectivity index (χ4v) is 4.58. The number of carboxylic acids is 1. The maximum Gasteiger partial charge on any atom is 0.303 e. The molecule has 0 bridgehead atoms. The van der Waals surface area contributed by atoms with Crippen molar-refractivity contribution in [2.24, 2.45) is 5.41 Å². The molecule has 214 valence electrons. The second kappa shape index (κ2) is 14.7. The highest BCUT2D eigenvalue weighted by Gasteiger charge is 2.44. The minimum absolute atomic E-state index is 0.0346. The second-order valence-corrected chi connectivity index (χ2v) is 11.1. The van der Waals surface area contributed by atoms with Crippen LogP contribution in [0.3, 0.4) is 0 Å². The summed E-state index contributed by atoms with van der Waals surface area (Å²) in [5.74, 6) is 0.378. The Morgan fingerprint density at radius 1 is 1.05 bits per heavy atom. The van der Waals surface area contributed by atoms with Crippen molar-refractivity contribution in [3.63, 3.8) is 0 Å². The molecule has 1 aromatic carbocycles. The Hall–Kier alpha value is -3.42. The average molecular weight is 544 g/mol. The lowest BCUT2D eigenvalue weighted by atomic mass is 9.85. The molecule has 1 aliphatic rings. The van der Waals surface area contributed by atoms with E-state index in [0.717, 1.165) is 0 Å². The van der Waals surface area contributed by atoms with Gasteiger partial charge in [-0.2, -0.15) is 0 Å². The smallest absolute Gasteiger partial charge is 0.303 e. The number of aliphatic hydroxyl groups excluding tert-OH is 2. The molecule has 0 saturated carbocycles. The number of hydrogen-bond acceptors (Lipinski definition) is 6. The topological polar surface area (TPSA) is 156 Å². The molecule has 1 aliphatic heterocycles. The molecular formula is C29H41N3O7. The first-order valence-electron chi connectivity index (χ1n) is 13.3. The monoisotopic (exact) mass is 543 g/mol. The van der Waals surface area contributed by atoms with Gasteiger partial charge >= 0.3 is 5.97 Å². The standard InChI is InChI=1S/C29H41N3O7/c1-5-19-12-14-20(15-13-19)22(18-33)30-27(38)23-16-21(34)17-32(23)28(39)26(29(2,3)4)31-24(35)10-8-6-7-9-11-25(36)37/h1,12-15,21-23,26,33-34H,6-11,16-18H2,2-4H3,(H,30,38)(H,31,35)(H,36,37)/t21-,22+,23+,26-/m1/s1. The number of aliphatic hydroxyl groups is 2. The van der Waals surface area contributed by atoms with Crippen molar-refractivity contribution in [1.29, 1.82) is 0 Å². The molecule has 1 saturated heterocycles. The van der Waals surface area contributed by atoms with E-state index in [-0.39, 0.29) is 38.3 Å². The zero-order valence-corrected chi connectivity index (χ0v) is 23.0. The summed E-state index contributed by atoms with van der Waals surface area (Å²) in [5.41, 5.74) is 0.629. The molecule has 0 radical (unpaired) electrons. The van der Waals surface area contributed by atoms with E-state index in [9.17, 15) is 29.4 Å². The maximum atomic E-state index is 13.7. The van der Waals surface area contributed by atoms with Crippen molar-refractivity contribution in [3.05, 3.63) is 35.4 Å². The summed E-state index contributed by atoms with van der Waals surface area (Å²) in [6, 6.07) is 4.19. The van der Waals surface area contributed by atoms with E-state index in [0.29, 0.717) is 36.8 Å². The van der Waals surface area contributed by atoms with Gasteiger partial charge in [0.05, 0.1) is 18.8 Å². The number of carboxylic acid groups (broad SMARTS) is 1. The van der Waals surface area contributed by atoms with Gasteiger partial charge in [0.25, 0.3) is 0 Å². The molecule has 1 fully saturated rings. The Morgan fingerprint density at radius 2 is 1.67 bits per heavy atom. The average Bonchev–Trinajstić information content (AvgIpc) is 3.28. The molecule has 2 rings (SSSR count). The van der Waals surface area contributed by atoms with Gasteiger partial charge in [0, 0.05) is 31.4 Å². The second-order valence-electron chi connectivity index (χ2n) is 11.1. The largest absolute Gasteiger partial charge is 0.481 e. The number of aliphatic carboxylic acids is 1. The summed E-state index contributed by atoms with van der Waals surface area (Å²) >= 11 is 0. The van der Waals surface area contributed by atoms with Crippen LogP contribution in [-0.2, 0) is 19.2 Å². The summed E-state index contributed by atoms with van der Waals surface area (Å²) in [6.07, 6.45) is 7.32. The minimum atomic E-state index is -0.970. The summed E-state index contributed by atoms with van der Waals surface area (Å²) in [6.45, 7) is 5.01. The number of β-amino-alcohol motifs (C(OH)–C–C–N with tert-alkyl or cyclic N) is 1. The number of benzene rings is 1. The molecule has 4 atom stereocenters. The molecule has 0 aliphatic carbocycles. The Kier molecular flexibility index (Phi) is 11.9. The van der Waals surface area contributed by atoms with Crippen molar-refractivity contribution in [3.8, 4) is 12.3 Å². The number of carbonyl (C=O) groups excluding carboxylic acids is 3. The minimum Gasteiger partial charge on any atom is -0.481 e. The van der Waals surface area contributed by atoms with Crippen LogP contribution >= 0.6 is 0 Å². The van der Waals surface area contributed by atoms with Gasteiger partial charge in [-0.1, -0.05) is 51.7 Å². The third kappa shape index (κ3) is 9.68. The Balaban J connectivity index is 2.06. The van der Waals surface area contributed by atoms with E-state index in [1.165, 1.54) is 4.90 Å². The first kappa shape index (κ1) is 31.8. The van der Waals surface area contributed by atoms with Crippen LogP contribution in [0.2, 0.25) is 0 Å². The number of nitrogens with zero attached hydrogens (tertiary/aromatic N) is 1. The van der Waals surface area contributed by atoms with Gasteiger partial charge < -0.3 is 30.9 Å². The normalized spacial score (nSPS) is 18.6. The van der Waals surface area contributed by atoms with Gasteiger partial charge in [-0.15, -0.1) is 6.42 Å². The van der Waals surface area contributed by atoms with Gasteiger partial charge in [-0.05, 0) is 36.0 Å². The van der Waals surface area contributed by atoms with Crippen LogP contribution < -0.4 is 10.6 Å². The van der Waals surface area contributed by atoms with E-state index in [1.54, 1.807) is 24.3 Å². The highest BCUT2D eigenvalue weighted by molar-refractivity contribution is 5.93. The molecule has 1 aromatic rings. The van der Waals surface area contributed by atoms with Crippen LogP contribution in [0.1, 0.15) is 82.9 Å². The van der Waals surface area contributed by atoms with Crippen LogP contribution in [0.25, 0.3) is 0 Å². The fraction of sp³-hybridized carbons (Fsp3) is 0.586. The predicted molar refractivity (Wildman–Crippen MR) is 145 cm³/mol. The van der Waals surface area contributed by atoms with Gasteiger partial charge in [-0.25, -0.2) is 0 Å². The number of terminal acetylenes is 1. The maximum absolute atomic E-state index is 13.7. The highest BCUT2D eigenvalue weighted by Crippen LogP contribution is 2.27. The van der Waals surface area contributed by atoms with Crippen LogP contribution in [0.4, 0.5) is 0 Å². The van der Waals surface area contributed by atoms with Crippen molar-refractivity contribution in [2.45, 2.75) is 89.9 Å². The fourth-order valence-electron chi connectivity index (χ4n) is 4.58. The quantitative estimate of drug-likeness (QED) is 0.187. The molecule has 0 spiro atoms. The summed E-state index contributed by atoms with van der Waals surface area (Å²) in [7, 11) is 0. The lowest BCUT2D eigenvalue weighted by Crippen LogP contribution is -2.58. The molecule has 3 amide bonds. The Bertz CT molecular complexity index is 1040. The predicted octanol–water partition coefficient (Wildman–Crippen LogP) is 1.74. The number of hydrogen-bond donors (Lipinski definition) is 5. The molecule has 10 heteroatoms. The number of rotatable bonds is 13. The number of carbonyl (C=O) groups is 4. The van der Waals surface area contributed by atoms with E-state index < -0.39 is 47.4 Å². The molecule has 1 heterocycles. The van der Waals surface area contributed by atoms with Crippen LogP contribution in [-0.4, -0.2) is 75.2 Å². The lowest BCUT2D eigenvalue weighted by Gasteiger charge is -2.35. The van der Waals surface area contributed by atoms with Crippen molar-refractivity contribution < 1.29 is 34.5 Å². The summed E-state index contributed by atoms with van der Waals surface area (Å²) in [4.78, 5) is 51.5. The lowest BCUT2D eigenvalue weighted by molar-refractivity contribution is -0.144. The SMILES string of the molecule is C#Cc1ccc([C@H](CO)NC(=O)[C@@H]2C[C@@H](O)CN2C(=O)[C@@H](NC(=O)CCCCCCC(=O)O)C(C)(C)C)cc1. The summed E-state index contributed by atoms with van der Waals surface area (Å²) < 4.78 is 0. The molecule has 5 N–H and O–H groups in total. The first-order chi connectivity index (χ1) is 18.4. The van der Waals surface area contributed by atoms with Gasteiger partial charge in [0.1, 0.15) is 12.1 Å². The third-order valence-electron chi connectivity index (χ3n) is 6.81. The van der Waals surface area contributed by atoms with Crippen molar-refractivity contribution in [2.75, 3.05) is 13.2 Å². The number of unbranched alkanes of at least 4 members (excludes halogenated alkanes) is 3. The molecule has 10 nitrogen and oxygen atoms in total. The molecule has 39 heavy (non-hydrogen) atoms. The van der Waals surface area contributed by atoms with E-state index in [4.69, 9.17) is 11.5 Å². The van der Waals surface area contributed by atoms with E-state index in [1.807, 2.05) is 20.8 Å². The van der Waals surface area contributed by atoms with Crippen molar-refractivity contribution >= 4 is 23.7 Å². The molecular weight excluding hydrogens is 502 g/mol. The first-order valence-corrected chi connectivity index (χ1v) is 13.3. The Morgan fingerprint density at radius 3 is 2.21 bits per heavy atom. The van der Waals surface area contributed by atoms with Crippen LogP contribution in [0.15, 0.2) is 24.3 Å². The Labute approximate surface area is 230 Å². The van der Waals surface area contributed by atoms with E-state index >= 15 is 0 Å². The molecule has 0 aromatic heterocycles. The highest BCUT2D eigenvalue weighted by atomic mass is 16.4. The number of likely N-dealkylation sites (tertiary alicyclic amines) is 1. The van der Waals surface area contributed by atoms with Crippen LogP contribution in [0.5, 0.6) is 0 Å². The summed E-state index contributed by atoms with van der Waals surface area (Å²) in [5, 5.41) is 34.6. The van der Waals surface area contributed by atoms with Gasteiger partial charge in [0.2, 0.25) is 17.7 Å². The van der Waals surface area contributed by atoms with E-state index in [2.05, 4.69) is 16.6 Å². The third-order valence-corrected chi connectivity index (χ3v) is 6.81. The number of nitrogens with one attached hydrogen (secondary N) is 2. The van der Waals surface area contributed by atoms with Crippen molar-refractivity contribution in [1.82, 2.24) is 15.5 Å². The molecule has 0 unspecified atom stereocenters. The van der Waals surface area contributed by atoms with Crippen LogP contribution in [0, 0.1) is 17.8 Å².